The van der Waals surface area contributed by atoms with Gasteiger partial charge in [-0.15, -0.1) is 0 Å². The average molecular weight is 389 g/mol. The first kappa shape index (κ1) is 19.4. The molecule has 1 heterocycles. The Morgan fingerprint density at radius 2 is 1.83 bits per heavy atom. The Hall–Kier alpha value is -2.88. The predicted octanol–water partition coefficient (Wildman–Crippen LogP) is 5.61. The van der Waals surface area contributed by atoms with Crippen molar-refractivity contribution in [2.75, 3.05) is 6.54 Å². The molecule has 4 nitrogen and oxygen atoms in total. The Kier molecular flexibility index (Phi) is 6.09. The van der Waals surface area contributed by atoms with Crippen molar-refractivity contribution in [3.63, 3.8) is 0 Å². The van der Waals surface area contributed by atoms with Crippen LogP contribution >= 0.6 is 0 Å². The molecule has 29 heavy (non-hydrogen) atoms. The summed E-state index contributed by atoms with van der Waals surface area (Å²) in [5, 5.41) is 16.0. The zero-order valence-electron chi connectivity index (χ0n) is 16.7. The second kappa shape index (κ2) is 9.08. The lowest BCUT2D eigenvalue weighted by atomic mass is 9.93. The molecule has 4 heteroatoms. The molecule has 2 aromatic rings. The Balaban J connectivity index is 1.31. The highest BCUT2D eigenvalue weighted by atomic mass is 16.4. The SMILES string of the molecule is O=C(O)c1ccccc1-c1ccc(CCN2C=CC(CC3CCCC3)C=N2)cc1. The van der Waals surface area contributed by atoms with E-state index in [1.807, 2.05) is 29.3 Å². The number of nitrogens with zero attached hydrogens (tertiary/aromatic N) is 2. The van der Waals surface area contributed by atoms with Gasteiger partial charge in [0.15, 0.2) is 0 Å². The van der Waals surface area contributed by atoms with E-state index in [2.05, 4.69) is 35.7 Å². The molecule has 2 aromatic carbocycles. The van der Waals surface area contributed by atoms with Gasteiger partial charge in [0.2, 0.25) is 0 Å². The maximum atomic E-state index is 11.4. The van der Waals surface area contributed by atoms with Gasteiger partial charge in [0.05, 0.1) is 5.56 Å². The molecule has 0 spiro atoms. The van der Waals surface area contributed by atoms with Crippen LogP contribution in [0.1, 0.15) is 48.0 Å². The standard InChI is InChI=1S/C25H28N2O2/c28-25(29)24-8-4-3-7-23(24)22-11-9-19(10-12-22)13-15-27-16-14-21(18-26-27)17-20-5-1-2-6-20/h3-4,7-12,14,16,18,20-21H,1-2,5-6,13,15,17H2,(H,28,29). The highest BCUT2D eigenvalue weighted by molar-refractivity contribution is 5.95. The number of carbonyl (C=O) groups is 1. The fraction of sp³-hybridized carbons (Fsp3) is 0.360. The summed E-state index contributed by atoms with van der Waals surface area (Å²) < 4.78 is 0. The second-order valence-electron chi connectivity index (χ2n) is 8.12. The molecule has 4 rings (SSSR count). The molecule has 1 atom stereocenters. The van der Waals surface area contributed by atoms with Gasteiger partial charge < -0.3 is 5.11 Å². The third-order valence-electron chi connectivity index (χ3n) is 6.04. The lowest BCUT2D eigenvalue weighted by Gasteiger charge is -2.22. The van der Waals surface area contributed by atoms with Gasteiger partial charge in [0.1, 0.15) is 0 Å². The van der Waals surface area contributed by atoms with Crippen molar-refractivity contribution in [1.29, 1.82) is 0 Å². The summed E-state index contributed by atoms with van der Waals surface area (Å²) in [5.41, 5.74) is 3.24. The van der Waals surface area contributed by atoms with Crippen LogP contribution in [0, 0.1) is 11.8 Å². The summed E-state index contributed by atoms with van der Waals surface area (Å²) in [7, 11) is 0. The van der Waals surface area contributed by atoms with E-state index >= 15 is 0 Å². The van der Waals surface area contributed by atoms with E-state index in [9.17, 15) is 9.90 Å². The van der Waals surface area contributed by atoms with Gasteiger partial charge in [-0.2, -0.15) is 5.10 Å². The number of rotatable bonds is 7. The van der Waals surface area contributed by atoms with Gasteiger partial charge in [-0.3, -0.25) is 5.01 Å². The highest BCUT2D eigenvalue weighted by Gasteiger charge is 2.19. The first-order valence-corrected chi connectivity index (χ1v) is 10.6. The van der Waals surface area contributed by atoms with Gasteiger partial charge in [-0.05, 0) is 41.5 Å². The van der Waals surface area contributed by atoms with Crippen molar-refractivity contribution in [3.8, 4) is 11.1 Å². The van der Waals surface area contributed by atoms with Crippen molar-refractivity contribution in [1.82, 2.24) is 5.01 Å². The van der Waals surface area contributed by atoms with Crippen LogP contribution in [0.25, 0.3) is 11.1 Å². The fourth-order valence-electron chi connectivity index (χ4n) is 4.39. The molecule has 0 amide bonds. The van der Waals surface area contributed by atoms with Crippen molar-refractivity contribution in [3.05, 3.63) is 71.9 Å². The molecular weight excluding hydrogens is 360 g/mol. The maximum absolute atomic E-state index is 11.4. The van der Waals surface area contributed by atoms with Gasteiger partial charge in [0.25, 0.3) is 0 Å². The van der Waals surface area contributed by atoms with Crippen LogP contribution in [-0.4, -0.2) is 28.8 Å². The number of carboxylic acids is 1. The maximum Gasteiger partial charge on any atom is 0.336 e. The third-order valence-corrected chi connectivity index (χ3v) is 6.04. The van der Waals surface area contributed by atoms with Gasteiger partial charge in [-0.25, -0.2) is 4.79 Å². The lowest BCUT2D eigenvalue weighted by molar-refractivity contribution is 0.0697. The molecular formula is C25H28N2O2. The molecule has 1 aliphatic heterocycles. The largest absolute Gasteiger partial charge is 0.478 e. The Bertz CT molecular complexity index is 881. The Labute approximate surface area is 172 Å². The first-order valence-electron chi connectivity index (χ1n) is 10.6. The number of hydrazone groups is 1. The predicted molar refractivity (Wildman–Crippen MR) is 117 cm³/mol. The Morgan fingerprint density at radius 1 is 1.07 bits per heavy atom. The quantitative estimate of drug-likeness (QED) is 0.671. The van der Waals surface area contributed by atoms with Crippen LogP contribution < -0.4 is 0 Å². The Morgan fingerprint density at radius 3 is 2.52 bits per heavy atom. The molecule has 1 aliphatic carbocycles. The number of hydrogen-bond acceptors (Lipinski definition) is 3. The average Bonchev–Trinajstić information content (AvgIpc) is 3.27. The van der Waals surface area contributed by atoms with Crippen LogP contribution in [-0.2, 0) is 6.42 Å². The first-order chi connectivity index (χ1) is 14.2. The van der Waals surface area contributed by atoms with E-state index in [-0.39, 0.29) is 0 Å². The molecule has 1 unspecified atom stereocenters. The van der Waals surface area contributed by atoms with Crippen molar-refractivity contribution in [2.45, 2.75) is 38.5 Å². The fourth-order valence-corrected chi connectivity index (χ4v) is 4.39. The number of carboxylic acid groups (broad SMARTS) is 1. The summed E-state index contributed by atoms with van der Waals surface area (Å²) in [6, 6.07) is 15.3. The van der Waals surface area contributed by atoms with Gasteiger partial charge in [-0.1, -0.05) is 74.2 Å². The minimum Gasteiger partial charge on any atom is -0.478 e. The normalized spacial score (nSPS) is 19.0. The number of hydrogen-bond donors (Lipinski definition) is 1. The van der Waals surface area contributed by atoms with Crippen molar-refractivity contribution < 1.29 is 9.90 Å². The molecule has 0 aromatic heterocycles. The molecule has 1 N–H and O–H groups in total. The van der Waals surface area contributed by atoms with E-state index < -0.39 is 5.97 Å². The van der Waals surface area contributed by atoms with E-state index in [0.717, 1.165) is 30.0 Å². The molecule has 0 saturated heterocycles. The van der Waals surface area contributed by atoms with Crippen LogP contribution in [0.4, 0.5) is 0 Å². The van der Waals surface area contributed by atoms with Crippen molar-refractivity contribution >= 4 is 12.2 Å². The number of allylic oxidation sites excluding steroid dienone is 1. The summed E-state index contributed by atoms with van der Waals surface area (Å²) in [5.74, 6) is 0.473. The zero-order chi connectivity index (χ0) is 20.1. The van der Waals surface area contributed by atoms with E-state index in [1.54, 1.807) is 12.1 Å². The summed E-state index contributed by atoms with van der Waals surface area (Å²) in [4.78, 5) is 11.4. The van der Waals surface area contributed by atoms with E-state index in [0.29, 0.717) is 11.5 Å². The smallest absolute Gasteiger partial charge is 0.336 e. The molecule has 0 radical (unpaired) electrons. The summed E-state index contributed by atoms with van der Waals surface area (Å²) in [6.07, 6.45) is 14.2. The zero-order valence-corrected chi connectivity index (χ0v) is 16.7. The molecule has 0 bridgehead atoms. The summed E-state index contributed by atoms with van der Waals surface area (Å²) in [6.45, 7) is 0.841. The highest BCUT2D eigenvalue weighted by Crippen LogP contribution is 2.31. The molecule has 2 aliphatic rings. The van der Waals surface area contributed by atoms with Gasteiger partial charge in [0, 0.05) is 24.9 Å². The third kappa shape index (κ3) is 4.94. The van der Waals surface area contributed by atoms with Crippen molar-refractivity contribution in [2.24, 2.45) is 16.9 Å². The number of aromatic carboxylic acids is 1. The molecule has 150 valence electrons. The monoisotopic (exact) mass is 388 g/mol. The summed E-state index contributed by atoms with van der Waals surface area (Å²) >= 11 is 0. The molecule has 1 fully saturated rings. The van der Waals surface area contributed by atoms with Crippen LogP contribution in [0.3, 0.4) is 0 Å². The van der Waals surface area contributed by atoms with Crippen LogP contribution in [0.5, 0.6) is 0 Å². The lowest BCUT2D eigenvalue weighted by Crippen LogP contribution is -2.20. The minimum absolute atomic E-state index is 0.334. The van der Waals surface area contributed by atoms with Crippen LogP contribution in [0.15, 0.2) is 65.9 Å². The minimum atomic E-state index is -0.898. The van der Waals surface area contributed by atoms with Gasteiger partial charge >= 0.3 is 5.97 Å². The second-order valence-corrected chi connectivity index (χ2v) is 8.12. The topological polar surface area (TPSA) is 52.9 Å². The van der Waals surface area contributed by atoms with E-state index in [4.69, 9.17) is 0 Å². The van der Waals surface area contributed by atoms with Crippen LogP contribution in [0.2, 0.25) is 0 Å². The number of benzene rings is 2. The molecule has 1 saturated carbocycles. The van der Waals surface area contributed by atoms with E-state index in [1.165, 1.54) is 37.7 Å².